The molecule has 0 bridgehead atoms. The van der Waals surface area contributed by atoms with Crippen LogP contribution in [0.2, 0.25) is 0 Å². The van der Waals surface area contributed by atoms with Gasteiger partial charge in [-0.3, -0.25) is 23.5 Å². The van der Waals surface area contributed by atoms with E-state index in [0.29, 0.717) is 29.5 Å². The van der Waals surface area contributed by atoms with Gasteiger partial charge in [0.25, 0.3) is 0 Å². The fraction of sp³-hybridized carbons (Fsp3) is 0.209. The number of fused-ring (bicyclic) bond motifs is 9. The Morgan fingerprint density at radius 1 is 0.506 bits per heavy atom. The Kier molecular flexibility index (Phi) is 17.3. The SMILES string of the molecule is CP(OCc1ccccc1)Oc1cc2c(c3ccccc13)[C@H](CCl)CN2C(=O)CN(CC(=O)N1C[C@@H](CCl)c2c1cc(OP(OCc1ccccc1)OCc1ccccc1)c1ccccc21)C(=O)OCC1c2ccccc2-c2ccccc21. The molecule has 9 aromatic rings. The normalized spacial score (nSPS) is 15.5. The van der Waals surface area contributed by atoms with Crippen molar-refractivity contribution in [2.45, 2.75) is 37.6 Å². The number of ether oxygens (including phenoxy) is 1. The average molecular weight is 1180 g/mol. The molecule has 0 radical (unpaired) electrons. The number of carbonyl (C=O) groups is 3. The first-order chi connectivity index (χ1) is 40.7. The van der Waals surface area contributed by atoms with E-state index in [2.05, 4.69) is 12.1 Å². The van der Waals surface area contributed by atoms with Crippen LogP contribution in [0.3, 0.4) is 0 Å². The molecule has 0 saturated heterocycles. The summed E-state index contributed by atoms with van der Waals surface area (Å²) < 4.78 is 38.7. The van der Waals surface area contributed by atoms with E-state index in [1.165, 1.54) is 4.90 Å². The highest BCUT2D eigenvalue weighted by Crippen LogP contribution is 2.52. The van der Waals surface area contributed by atoms with E-state index in [-0.39, 0.29) is 62.4 Å². The lowest BCUT2D eigenvalue weighted by molar-refractivity contribution is -0.122. The number of amides is 3. The van der Waals surface area contributed by atoms with Crippen LogP contribution < -0.4 is 18.8 Å². The maximum Gasteiger partial charge on any atom is 0.410 e. The first-order valence-corrected chi connectivity index (χ1v) is 31.4. The quantitative estimate of drug-likeness (QED) is 0.0512. The Bertz CT molecular complexity index is 3720. The highest BCUT2D eigenvalue weighted by atomic mass is 35.5. The van der Waals surface area contributed by atoms with Gasteiger partial charge in [0.1, 0.15) is 31.2 Å². The third-order valence-corrected chi connectivity index (χ3v) is 18.2. The van der Waals surface area contributed by atoms with Gasteiger partial charge in [-0.15, -0.1) is 23.2 Å². The predicted octanol–water partition coefficient (Wildman–Crippen LogP) is 15.9. The van der Waals surface area contributed by atoms with Crippen LogP contribution in [0.5, 0.6) is 11.5 Å². The maximum atomic E-state index is 15.4. The zero-order chi connectivity index (χ0) is 56.8. The van der Waals surface area contributed by atoms with Crippen LogP contribution in [0.15, 0.2) is 200 Å². The zero-order valence-electron chi connectivity index (χ0n) is 45.5. The van der Waals surface area contributed by atoms with Crippen molar-refractivity contribution >= 4 is 91.0 Å². The van der Waals surface area contributed by atoms with Crippen molar-refractivity contribution in [3.05, 3.63) is 239 Å². The summed E-state index contributed by atoms with van der Waals surface area (Å²) in [5, 5.41) is 3.39. The second-order valence-corrected chi connectivity index (χ2v) is 23.8. The number of hydrogen-bond acceptors (Lipinski definition) is 9. The molecular weight excluding hydrogens is 1120 g/mol. The number of anilines is 2. The van der Waals surface area contributed by atoms with Crippen LogP contribution in [0.1, 0.15) is 56.7 Å². The van der Waals surface area contributed by atoms with Crippen molar-refractivity contribution in [3.63, 3.8) is 0 Å². The van der Waals surface area contributed by atoms with E-state index in [1.54, 1.807) is 9.80 Å². The number of halogens is 2. The summed E-state index contributed by atoms with van der Waals surface area (Å²) in [4.78, 5) is 50.1. The van der Waals surface area contributed by atoms with Crippen LogP contribution in [-0.4, -0.2) is 74.0 Å². The number of carbonyl (C=O) groups excluding carboxylic acids is 3. The van der Waals surface area contributed by atoms with E-state index < -0.39 is 48.0 Å². The molecule has 1 aliphatic carbocycles. The van der Waals surface area contributed by atoms with Gasteiger partial charge in [-0.25, -0.2) is 4.79 Å². The summed E-state index contributed by atoms with van der Waals surface area (Å²) in [5.74, 6) is -0.248. The molecule has 0 spiro atoms. The first kappa shape index (κ1) is 56.1. The highest BCUT2D eigenvalue weighted by Gasteiger charge is 2.40. The second-order valence-electron chi connectivity index (χ2n) is 20.7. The summed E-state index contributed by atoms with van der Waals surface area (Å²) in [6.45, 7) is 2.17. The minimum atomic E-state index is -2.00. The fourth-order valence-corrected chi connectivity index (χ4v) is 13.9. The monoisotopic (exact) mass is 1180 g/mol. The van der Waals surface area contributed by atoms with Gasteiger partial charge in [0.15, 0.2) is 0 Å². The Hall–Kier alpha value is -7.37. The van der Waals surface area contributed by atoms with Crippen LogP contribution >= 0.6 is 40.2 Å². The second kappa shape index (κ2) is 25.6. The third-order valence-electron chi connectivity index (χ3n) is 15.5. The van der Waals surface area contributed by atoms with E-state index in [9.17, 15) is 4.79 Å². The minimum Gasteiger partial charge on any atom is -0.448 e. The molecule has 1 unspecified atom stereocenters. The van der Waals surface area contributed by atoms with Gasteiger partial charge < -0.3 is 28.1 Å². The lowest BCUT2D eigenvalue weighted by atomic mass is 9.95. The van der Waals surface area contributed by atoms with Crippen molar-refractivity contribution in [2.24, 2.45) is 0 Å². The van der Waals surface area contributed by atoms with Gasteiger partial charge in [0.05, 0.1) is 31.2 Å². The van der Waals surface area contributed by atoms with Gasteiger partial charge in [-0.05, 0) is 60.8 Å². The van der Waals surface area contributed by atoms with Crippen molar-refractivity contribution in [2.75, 3.05) is 61.0 Å². The summed E-state index contributed by atoms with van der Waals surface area (Å²) in [5.41, 5.74) is 10.0. The van der Waals surface area contributed by atoms with Crippen LogP contribution in [-0.2, 0) is 47.7 Å². The molecule has 2 heterocycles. The zero-order valence-corrected chi connectivity index (χ0v) is 48.8. The average Bonchev–Trinajstić information content (AvgIpc) is 4.18. The van der Waals surface area contributed by atoms with Gasteiger partial charge in [0, 0.05) is 72.2 Å². The van der Waals surface area contributed by atoms with Gasteiger partial charge in [-0.1, -0.05) is 188 Å². The van der Waals surface area contributed by atoms with Crippen LogP contribution in [0.4, 0.5) is 16.2 Å². The van der Waals surface area contributed by atoms with Gasteiger partial charge in [0.2, 0.25) is 20.2 Å². The Labute approximate surface area is 495 Å². The maximum absolute atomic E-state index is 15.4. The Balaban J connectivity index is 0.860. The molecule has 16 heteroatoms. The fourth-order valence-electron chi connectivity index (χ4n) is 11.5. The third kappa shape index (κ3) is 12.1. The molecule has 3 aliphatic rings. The summed E-state index contributed by atoms with van der Waals surface area (Å²) in [7, 11) is -3.41. The van der Waals surface area contributed by atoms with Crippen molar-refractivity contribution in [1.29, 1.82) is 0 Å². The van der Waals surface area contributed by atoms with Crippen molar-refractivity contribution in [1.82, 2.24) is 4.90 Å². The standard InChI is InChI=1S/C67H59Cl2N3O9P2/c1-82(77-41-45-19-5-2-6-20-45)80-61-33-59-65(56-31-17-15-29-54(56)61)48(35-68)37-71(59)63(73)39-70(67(75)76-44-58-52-27-13-11-25-50(52)51-26-12-14-28-53(51)58)40-64(74)72-38-49(36-69)66-57-32-18-16-30-55(57)62(34-60(66)72)81-83(78-42-46-21-7-3-8-22-46)79-43-47-23-9-4-10-24-47/h2-34,48-49,58H,35-44H2,1H3/t48-,49-,82?/m1/s1. The molecule has 3 atom stereocenters. The number of hydrogen-bond donors (Lipinski definition) is 0. The molecule has 0 saturated carbocycles. The number of rotatable bonds is 21. The van der Waals surface area contributed by atoms with Crippen molar-refractivity contribution < 1.29 is 41.7 Å². The topological polar surface area (TPSA) is 116 Å². The van der Waals surface area contributed by atoms with Gasteiger partial charge >= 0.3 is 14.7 Å². The molecule has 0 aromatic heterocycles. The van der Waals surface area contributed by atoms with E-state index in [0.717, 1.165) is 71.6 Å². The molecule has 83 heavy (non-hydrogen) atoms. The van der Waals surface area contributed by atoms with E-state index in [4.69, 9.17) is 50.6 Å². The summed E-state index contributed by atoms with van der Waals surface area (Å²) in [6, 6.07) is 65.1. The highest BCUT2D eigenvalue weighted by molar-refractivity contribution is 7.46. The molecule has 0 fully saturated rings. The van der Waals surface area contributed by atoms with Crippen LogP contribution in [0.25, 0.3) is 32.7 Å². The van der Waals surface area contributed by atoms with E-state index >= 15 is 9.59 Å². The molecule has 12 nitrogen and oxygen atoms in total. The summed E-state index contributed by atoms with van der Waals surface area (Å²) >= 11 is 13.6. The first-order valence-electron chi connectivity index (χ1n) is 27.6. The molecular formula is C67H59Cl2N3O9P2. The number of alkyl halides is 2. The van der Waals surface area contributed by atoms with Crippen molar-refractivity contribution in [3.8, 4) is 22.6 Å². The number of benzene rings is 9. The van der Waals surface area contributed by atoms with Crippen LogP contribution in [0, 0.1) is 0 Å². The Morgan fingerprint density at radius 2 is 0.904 bits per heavy atom. The molecule has 2 aliphatic heterocycles. The largest absolute Gasteiger partial charge is 0.448 e. The predicted molar refractivity (Wildman–Crippen MR) is 331 cm³/mol. The minimum absolute atomic E-state index is 0.0269. The molecule has 3 amide bonds. The lowest BCUT2D eigenvalue weighted by Gasteiger charge is -2.28. The number of nitrogens with zero attached hydrogens (tertiary/aromatic N) is 3. The molecule has 12 rings (SSSR count). The molecule has 9 aromatic carbocycles. The van der Waals surface area contributed by atoms with E-state index in [1.807, 2.05) is 195 Å². The lowest BCUT2D eigenvalue weighted by Crippen LogP contribution is -2.48. The molecule has 0 N–H and O–H groups in total. The Morgan fingerprint density at radius 3 is 1.36 bits per heavy atom. The summed E-state index contributed by atoms with van der Waals surface area (Å²) in [6.07, 6.45) is -0.816. The van der Waals surface area contributed by atoms with Gasteiger partial charge in [-0.2, -0.15) is 0 Å². The molecule has 420 valence electrons. The smallest absolute Gasteiger partial charge is 0.410 e.